The van der Waals surface area contributed by atoms with Crippen LogP contribution < -0.4 is 4.80 Å². The van der Waals surface area contributed by atoms with Crippen LogP contribution in [0.15, 0.2) is 47.5 Å². The lowest BCUT2D eigenvalue weighted by Crippen LogP contribution is -2.22. The molecule has 7 heteroatoms. The van der Waals surface area contributed by atoms with E-state index in [1.807, 2.05) is 24.3 Å². The summed E-state index contributed by atoms with van der Waals surface area (Å²) in [6.45, 7) is 6.27. The Morgan fingerprint density at radius 1 is 1.14 bits per heavy atom. The molecule has 1 heterocycles. The maximum Gasteiger partial charge on any atom is 0.325 e. The number of hydrogen-bond acceptors (Lipinski definition) is 4. The van der Waals surface area contributed by atoms with E-state index < -0.39 is 5.97 Å². The van der Waals surface area contributed by atoms with Crippen LogP contribution in [0.3, 0.4) is 0 Å². The summed E-state index contributed by atoms with van der Waals surface area (Å²) in [5, 5.41) is 0.487. The Bertz CT molecular complexity index is 1110. The molecule has 1 amide bonds. The number of carbonyl (C=O) groups excluding carboxylic acids is 2. The first-order chi connectivity index (χ1) is 13.2. The number of fused-ring (bicyclic) bond motifs is 1. The Morgan fingerprint density at radius 2 is 1.82 bits per heavy atom. The predicted octanol–water partition coefficient (Wildman–Crippen LogP) is 4.57. The molecular weight excluding hydrogens is 396 g/mol. The minimum atomic E-state index is -0.442. The van der Waals surface area contributed by atoms with Crippen LogP contribution in [0.2, 0.25) is 5.02 Å². The van der Waals surface area contributed by atoms with Gasteiger partial charge in [0.2, 0.25) is 0 Å². The summed E-state index contributed by atoms with van der Waals surface area (Å²) in [7, 11) is 1.32. The Kier molecular flexibility index (Phi) is 5.72. The molecule has 0 bridgehead atoms. The topological polar surface area (TPSA) is 60.7 Å². The number of nitrogens with zero attached hydrogens (tertiary/aromatic N) is 2. The van der Waals surface area contributed by atoms with Crippen molar-refractivity contribution in [3.05, 3.63) is 63.4 Å². The zero-order valence-electron chi connectivity index (χ0n) is 16.2. The number of ether oxygens (including phenoxy) is 1. The molecule has 0 fully saturated rings. The van der Waals surface area contributed by atoms with E-state index in [9.17, 15) is 9.59 Å². The lowest BCUT2D eigenvalue weighted by atomic mass is 9.87. The third-order valence-corrected chi connectivity index (χ3v) is 5.71. The number of aromatic nitrogens is 1. The molecular formula is C21H21ClN2O3S. The molecule has 0 N–H and O–H groups in total. The fourth-order valence-corrected chi connectivity index (χ4v) is 4.16. The van der Waals surface area contributed by atoms with Crippen molar-refractivity contribution in [3.63, 3.8) is 0 Å². The number of amides is 1. The molecule has 146 valence electrons. The normalized spacial score (nSPS) is 12.4. The molecule has 0 saturated heterocycles. The number of thiazole rings is 1. The van der Waals surface area contributed by atoms with Crippen molar-refractivity contribution >= 4 is 45.0 Å². The molecule has 0 saturated carbocycles. The second kappa shape index (κ2) is 7.89. The van der Waals surface area contributed by atoms with Crippen LogP contribution in [0.25, 0.3) is 10.2 Å². The lowest BCUT2D eigenvalue weighted by molar-refractivity contribution is -0.141. The van der Waals surface area contributed by atoms with E-state index in [1.54, 1.807) is 22.8 Å². The Morgan fingerprint density at radius 3 is 2.43 bits per heavy atom. The smallest absolute Gasteiger partial charge is 0.325 e. The highest BCUT2D eigenvalue weighted by Gasteiger charge is 2.16. The van der Waals surface area contributed by atoms with Crippen LogP contribution in [-0.4, -0.2) is 23.6 Å². The van der Waals surface area contributed by atoms with E-state index in [4.69, 9.17) is 16.3 Å². The summed E-state index contributed by atoms with van der Waals surface area (Å²) in [5.74, 6) is -0.815. The van der Waals surface area contributed by atoms with Crippen molar-refractivity contribution in [2.45, 2.75) is 32.7 Å². The summed E-state index contributed by atoms with van der Waals surface area (Å²) in [6.07, 6.45) is 0. The van der Waals surface area contributed by atoms with Crippen molar-refractivity contribution in [3.8, 4) is 0 Å². The average molecular weight is 417 g/mol. The molecule has 0 unspecified atom stereocenters. The molecule has 0 spiro atoms. The Balaban J connectivity index is 2.08. The lowest BCUT2D eigenvalue weighted by Gasteiger charge is -2.18. The van der Waals surface area contributed by atoms with E-state index >= 15 is 0 Å². The van der Waals surface area contributed by atoms with Crippen LogP contribution in [0.1, 0.15) is 36.7 Å². The van der Waals surface area contributed by atoms with Gasteiger partial charge < -0.3 is 9.30 Å². The maximum atomic E-state index is 12.7. The predicted molar refractivity (Wildman–Crippen MR) is 112 cm³/mol. The fourth-order valence-electron chi connectivity index (χ4n) is 2.78. The van der Waals surface area contributed by atoms with Crippen LogP contribution >= 0.6 is 22.9 Å². The van der Waals surface area contributed by atoms with Gasteiger partial charge in [0.25, 0.3) is 5.91 Å². The number of halogens is 1. The third-order valence-electron chi connectivity index (χ3n) is 4.36. The van der Waals surface area contributed by atoms with E-state index in [-0.39, 0.29) is 17.9 Å². The van der Waals surface area contributed by atoms with Gasteiger partial charge in [-0.2, -0.15) is 4.99 Å². The second-order valence-electron chi connectivity index (χ2n) is 7.38. The fraction of sp³-hybridized carbons (Fsp3) is 0.286. The zero-order chi connectivity index (χ0) is 20.5. The minimum Gasteiger partial charge on any atom is -0.468 e. The van der Waals surface area contributed by atoms with Gasteiger partial charge in [0.1, 0.15) is 6.54 Å². The largest absolute Gasteiger partial charge is 0.468 e. The van der Waals surface area contributed by atoms with Crippen LogP contribution in [0.4, 0.5) is 0 Å². The first-order valence-electron chi connectivity index (χ1n) is 8.75. The molecule has 5 nitrogen and oxygen atoms in total. The molecule has 1 aromatic heterocycles. The molecule has 2 aromatic carbocycles. The minimum absolute atomic E-state index is 0.00445. The zero-order valence-corrected chi connectivity index (χ0v) is 17.7. The van der Waals surface area contributed by atoms with Gasteiger partial charge in [-0.15, -0.1) is 0 Å². The Labute approximate surface area is 172 Å². The van der Waals surface area contributed by atoms with Crippen molar-refractivity contribution in [2.75, 3.05) is 7.11 Å². The summed E-state index contributed by atoms with van der Waals surface area (Å²) in [4.78, 5) is 29.3. The average Bonchev–Trinajstić information content (AvgIpc) is 2.99. The molecule has 3 aromatic rings. The number of rotatable bonds is 3. The Hall–Kier alpha value is -2.44. The van der Waals surface area contributed by atoms with Gasteiger partial charge in [-0.1, -0.05) is 61.9 Å². The van der Waals surface area contributed by atoms with Gasteiger partial charge in [0.05, 0.1) is 22.3 Å². The molecule has 0 aliphatic rings. The summed E-state index contributed by atoms with van der Waals surface area (Å²) >= 11 is 7.63. The maximum absolute atomic E-state index is 12.7. The first-order valence-corrected chi connectivity index (χ1v) is 9.94. The number of esters is 1. The van der Waals surface area contributed by atoms with Crippen LogP contribution in [-0.2, 0) is 21.5 Å². The third kappa shape index (κ3) is 4.18. The molecule has 0 aliphatic heterocycles. The van der Waals surface area contributed by atoms with Gasteiger partial charge in [-0.05, 0) is 35.2 Å². The number of benzene rings is 2. The number of para-hydroxylation sites is 1. The monoisotopic (exact) mass is 416 g/mol. The summed E-state index contributed by atoms with van der Waals surface area (Å²) < 4.78 is 7.24. The van der Waals surface area contributed by atoms with Gasteiger partial charge in [-0.25, -0.2) is 0 Å². The quantitative estimate of drug-likeness (QED) is 0.587. The SMILES string of the molecule is COC(=O)Cn1c(=NC(=O)c2ccc(C(C)(C)C)cc2)sc2cccc(Cl)c21. The van der Waals surface area contributed by atoms with Gasteiger partial charge in [0, 0.05) is 5.56 Å². The van der Waals surface area contributed by atoms with Crippen molar-refractivity contribution in [2.24, 2.45) is 4.99 Å². The first kappa shape index (κ1) is 20.3. The molecule has 0 aliphatic carbocycles. The number of hydrogen-bond donors (Lipinski definition) is 0. The van der Waals surface area contributed by atoms with E-state index in [1.165, 1.54) is 18.4 Å². The highest BCUT2D eigenvalue weighted by molar-refractivity contribution is 7.16. The second-order valence-corrected chi connectivity index (χ2v) is 8.79. The summed E-state index contributed by atoms with van der Waals surface area (Å²) in [5.41, 5.74) is 2.29. The molecule has 3 rings (SSSR count). The van der Waals surface area contributed by atoms with Gasteiger partial charge in [-0.3, -0.25) is 9.59 Å². The van der Waals surface area contributed by atoms with E-state index in [0.29, 0.717) is 20.9 Å². The van der Waals surface area contributed by atoms with Crippen molar-refractivity contribution in [1.29, 1.82) is 0 Å². The summed E-state index contributed by atoms with van der Waals surface area (Å²) in [6, 6.07) is 12.9. The number of carbonyl (C=O) groups is 2. The van der Waals surface area contributed by atoms with E-state index in [2.05, 4.69) is 25.8 Å². The molecule has 0 radical (unpaired) electrons. The highest BCUT2D eigenvalue weighted by Crippen LogP contribution is 2.26. The number of methoxy groups -OCH3 is 1. The standard InChI is InChI=1S/C21H21ClN2O3S/c1-21(2,3)14-10-8-13(9-11-14)19(26)23-20-24(12-17(25)27-4)18-15(22)6-5-7-16(18)28-20/h5-11H,12H2,1-4H3. The van der Waals surface area contributed by atoms with Crippen LogP contribution in [0, 0.1) is 0 Å². The van der Waals surface area contributed by atoms with Gasteiger partial charge >= 0.3 is 5.97 Å². The van der Waals surface area contributed by atoms with Crippen molar-refractivity contribution < 1.29 is 14.3 Å². The highest BCUT2D eigenvalue weighted by atomic mass is 35.5. The van der Waals surface area contributed by atoms with Gasteiger partial charge in [0.15, 0.2) is 4.80 Å². The van der Waals surface area contributed by atoms with Crippen LogP contribution in [0.5, 0.6) is 0 Å². The van der Waals surface area contributed by atoms with Crippen molar-refractivity contribution in [1.82, 2.24) is 4.57 Å². The molecule has 28 heavy (non-hydrogen) atoms. The van der Waals surface area contributed by atoms with E-state index in [0.717, 1.165) is 10.3 Å². The molecule has 0 atom stereocenters.